The zero-order chi connectivity index (χ0) is 15.4. The smallest absolute Gasteiger partial charge is 0.270 e. The van der Waals surface area contributed by atoms with Crippen molar-refractivity contribution in [2.75, 3.05) is 26.3 Å². The predicted molar refractivity (Wildman–Crippen MR) is 77.4 cm³/mol. The Morgan fingerprint density at radius 1 is 1.38 bits per heavy atom. The van der Waals surface area contributed by atoms with Gasteiger partial charge in [-0.3, -0.25) is 9.59 Å². The van der Waals surface area contributed by atoms with Crippen molar-refractivity contribution in [3.8, 4) is 0 Å². The van der Waals surface area contributed by atoms with E-state index in [1.54, 1.807) is 28.8 Å². The fourth-order valence-electron chi connectivity index (χ4n) is 2.58. The molecule has 21 heavy (non-hydrogen) atoms. The number of likely N-dealkylation sites (tertiary alicyclic amines) is 1. The van der Waals surface area contributed by atoms with Crippen molar-refractivity contribution < 1.29 is 19.4 Å². The summed E-state index contributed by atoms with van der Waals surface area (Å²) in [5.41, 5.74) is 1.09. The molecule has 1 N–H and O–H groups in total. The van der Waals surface area contributed by atoms with E-state index in [4.69, 9.17) is 9.84 Å². The molecule has 0 radical (unpaired) electrons. The molecule has 2 rings (SSSR count). The number of piperidine rings is 1. The first-order chi connectivity index (χ1) is 10.0. The minimum Gasteiger partial charge on any atom is -0.394 e. The molecule has 0 saturated carbocycles. The molecule has 1 aliphatic heterocycles. The fraction of sp³-hybridized carbons (Fsp3) is 0.600. The van der Waals surface area contributed by atoms with E-state index in [2.05, 4.69) is 0 Å². The summed E-state index contributed by atoms with van der Waals surface area (Å²) in [6, 6.07) is 1.65. The highest BCUT2D eigenvalue weighted by Crippen LogP contribution is 2.17. The van der Waals surface area contributed by atoms with E-state index < -0.39 is 0 Å². The highest BCUT2D eigenvalue weighted by atomic mass is 16.5. The highest BCUT2D eigenvalue weighted by molar-refractivity contribution is 5.99. The number of Topliss-reactive ketones (excluding diaryl/α,β-unsaturated/α-hetero) is 1. The zero-order valence-corrected chi connectivity index (χ0v) is 12.5. The van der Waals surface area contributed by atoms with Crippen molar-refractivity contribution in [1.29, 1.82) is 0 Å². The van der Waals surface area contributed by atoms with Crippen LogP contribution in [0.1, 0.15) is 40.6 Å². The molecule has 1 fully saturated rings. The van der Waals surface area contributed by atoms with Gasteiger partial charge in [-0.25, -0.2) is 0 Å². The van der Waals surface area contributed by atoms with Crippen LogP contribution >= 0.6 is 0 Å². The molecule has 0 aliphatic carbocycles. The molecule has 2 heterocycles. The van der Waals surface area contributed by atoms with E-state index in [1.165, 1.54) is 6.92 Å². The summed E-state index contributed by atoms with van der Waals surface area (Å²) in [4.78, 5) is 25.7. The molecule has 1 amide bonds. The lowest BCUT2D eigenvalue weighted by molar-refractivity contribution is -0.00570. The van der Waals surface area contributed by atoms with Gasteiger partial charge < -0.3 is 19.3 Å². The van der Waals surface area contributed by atoms with Crippen molar-refractivity contribution >= 4 is 11.7 Å². The van der Waals surface area contributed by atoms with Gasteiger partial charge in [-0.05, 0) is 25.8 Å². The van der Waals surface area contributed by atoms with Crippen molar-refractivity contribution in [3.63, 3.8) is 0 Å². The first-order valence-electron chi connectivity index (χ1n) is 7.22. The van der Waals surface area contributed by atoms with Crippen LogP contribution in [0.3, 0.4) is 0 Å². The maximum absolute atomic E-state index is 12.5. The summed E-state index contributed by atoms with van der Waals surface area (Å²) in [7, 11) is 1.77. The number of hydrogen-bond donors (Lipinski definition) is 1. The minimum absolute atomic E-state index is 0.0241. The van der Waals surface area contributed by atoms with Crippen LogP contribution in [0.25, 0.3) is 0 Å². The topological polar surface area (TPSA) is 71.8 Å². The van der Waals surface area contributed by atoms with Crippen LogP contribution < -0.4 is 0 Å². The maximum atomic E-state index is 12.5. The van der Waals surface area contributed by atoms with E-state index in [9.17, 15) is 9.59 Å². The number of amides is 1. The van der Waals surface area contributed by atoms with Gasteiger partial charge in [-0.1, -0.05) is 0 Å². The van der Waals surface area contributed by atoms with Crippen molar-refractivity contribution in [2.45, 2.75) is 25.9 Å². The summed E-state index contributed by atoms with van der Waals surface area (Å²) in [5, 5.41) is 8.74. The standard InChI is InChI=1S/C15H22N2O4/c1-11(19)12-9-14(16(2)10-12)15(20)17-5-3-13(4-6-17)21-8-7-18/h9-10,13,18H,3-8H2,1-2H3. The number of aliphatic hydroxyl groups is 1. The monoisotopic (exact) mass is 294 g/mol. The Bertz CT molecular complexity index is 516. The Kier molecular flexibility index (Phi) is 5.14. The third-order valence-corrected chi connectivity index (χ3v) is 3.80. The van der Waals surface area contributed by atoms with Gasteiger partial charge in [-0.2, -0.15) is 0 Å². The van der Waals surface area contributed by atoms with Crippen LogP contribution in [0.2, 0.25) is 0 Å². The number of aliphatic hydroxyl groups excluding tert-OH is 1. The lowest BCUT2D eigenvalue weighted by Gasteiger charge is -2.31. The van der Waals surface area contributed by atoms with Crippen molar-refractivity contribution in [3.05, 3.63) is 23.5 Å². The number of ketones is 1. The second-order valence-corrected chi connectivity index (χ2v) is 5.37. The van der Waals surface area contributed by atoms with Gasteiger partial charge in [-0.15, -0.1) is 0 Å². The summed E-state index contributed by atoms with van der Waals surface area (Å²) >= 11 is 0. The van der Waals surface area contributed by atoms with Gasteiger partial charge in [0.2, 0.25) is 0 Å². The van der Waals surface area contributed by atoms with Crippen LogP contribution in [0.15, 0.2) is 12.3 Å². The van der Waals surface area contributed by atoms with Crippen LogP contribution in [0.4, 0.5) is 0 Å². The van der Waals surface area contributed by atoms with Crippen LogP contribution in [-0.2, 0) is 11.8 Å². The number of carbonyl (C=O) groups excluding carboxylic acids is 2. The van der Waals surface area contributed by atoms with Crippen LogP contribution in [0, 0.1) is 0 Å². The summed E-state index contributed by atoms with van der Waals surface area (Å²) in [6.07, 6.45) is 3.35. The number of hydrogen-bond acceptors (Lipinski definition) is 4. The summed E-state index contributed by atoms with van der Waals surface area (Å²) in [5.74, 6) is -0.0913. The summed E-state index contributed by atoms with van der Waals surface area (Å²) in [6.45, 7) is 3.13. The van der Waals surface area contributed by atoms with Gasteiger partial charge in [0.15, 0.2) is 5.78 Å². The molecule has 0 spiro atoms. The molecule has 1 aliphatic rings. The average molecular weight is 294 g/mol. The number of aryl methyl sites for hydroxylation is 1. The SMILES string of the molecule is CC(=O)c1cc(C(=O)N2CCC(OCCO)CC2)n(C)c1. The second kappa shape index (κ2) is 6.87. The molecular formula is C15H22N2O4. The Balaban J connectivity index is 1.97. The van der Waals surface area contributed by atoms with Gasteiger partial charge in [0, 0.05) is 31.9 Å². The molecule has 0 unspecified atom stereocenters. The number of nitrogens with zero attached hydrogens (tertiary/aromatic N) is 2. The van der Waals surface area contributed by atoms with Crippen molar-refractivity contribution in [2.24, 2.45) is 7.05 Å². The molecule has 0 aromatic carbocycles. The van der Waals surface area contributed by atoms with E-state index in [0.717, 1.165) is 12.8 Å². The molecule has 6 heteroatoms. The number of ether oxygens (including phenoxy) is 1. The highest BCUT2D eigenvalue weighted by Gasteiger charge is 2.25. The largest absolute Gasteiger partial charge is 0.394 e. The number of rotatable bonds is 5. The Labute approximate surface area is 124 Å². The molecule has 1 saturated heterocycles. The van der Waals surface area contributed by atoms with E-state index in [-0.39, 0.29) is 24.4 Å². The van der Waals surface area contributed by atoms with E-state index >= 15 is 0 Å². The summed E-state index contributed by atoms with van der Waals surface area (Å²) < 4.78 is 7.19. The molecule has 1 aromatic heterocycles. The Morgan fingerprint density at radius 2 is 2.05 bits per heavy atom. The lowest BCUT2D eigenvalue weighted by atomic mass is 10.1. The quantitative estimate of drug-likeness (QED) is 0.817. The van der Waals surface area contributed by atoms with E-state index in [1.807, 2.05) is 0 Å². The minimum atomic E-state index is -0.0504. The molecule has 0 bridgehead atoms. The lowest BCUT2D eigenvalue weighted by Crippen LogP contribution is -2.41. The zero-order valence-electron chi connectivity index (χ0n) is 12.5. The molecular weight excluding hydrogens is 272 g/mol. The first kappa shape index (κ1) is 15.7. The molecule has 0 atom stereocenters. The first-order valence-corrected chi connectivity index (χ1v) is 7.22. The Morgan fingerprint density at radius 3 is 2.57 bits per heavy atom. The van der Waals surface area contributed by atoms with Crippen LogP contribution in [0.5, 0.6) is 0 Å². The maximum Gasteiger partial charge on any atom is 0.270 e. The number of aromatic nitrogens is 1. The average Bonchev–Trinajstić information content (AvgIpc) is 2.87. The van der Waals surface area contributed by atoms with Crippen LogP contribution in [-0.4, -0.2) is 58.7 Å². The van der Waals surface area contributed by atoms with Gasteiger partial charge in [0.05, 0.1) is 19.3 Å². The van der Waals surface area contributed by atoms with Gasteiger partial charge in [0.25, 0.3) is 5.91 Å². The fourth-order valence-corrected chi connectivity index (χ4v) is 2.58. The molecule has 116 valence electrons. The third kappa shape index (κ3) is 3.71. The third-order valence-electron chi connectivity index (χ3n) is 3.80. The van der Waals surface area contributed by atoms with Gasteiger partial charge in [0.1, 0.15) is 5.69 Å². The van der Waals surface area contributed by atoms with Gasteiger partial charge >= 0.3 is 0 Å². The predicted octanol–water partition coefficient (Wildman–Crippen LogP) is 0.841. The van der Waals surface area contributed by atoms with Crippen molar-refractivity contribution in [1.82, 2.24) is 9.47 Å². The normalized spacial score (nSPS) is 16.2. The van der Waals surface area contributed by atoms with E-state index in [0.29, 0.717) is 31.0 Å². The molecule has 1 aromatic rings. The molecule has 6 nitrogen and oxygen atoms in total. The Hall–Kier alpha value is -1.66. The second-order valence-electron chi connectivity index (χ2n) is 5.37. The number of carbonyl (C=O) groups is 2.